The molecule has 0 aliphatic heterocycles. The van der Waals surface area contributed by atoms with Crippen molar-refractivity contribution in [2.24, 2.45) is 5.10 Å². The van der Waals surface area contributed by atoms with Gasteiger partial charge in [-0.15, -0.1) is 0 Å². The van der Waals surface area contributed by atoms with Crippen molar-refractivity contribution in [3.63, 3.8) is 0 Å². The fourth-order valence-electron chi connectivity index (χ4n) is 3.91. The van der Waals surface area contributed by atoms with E-state index >= 15 is 0 Å². The molecule has 168 valence electrons. The summed E-state index contributed by atoms with van der Waals surface area (Å²) in [6.07, 6.45) is 3.55. The Hall–Kier alpha value is -4.65. The number of amides is 1. The first kappa shape index (κ1) is 21.2. The molecule has 0 spiro atoms. The minimum atomic E-state index is -0.515. The van der Waals surface area contributed by atoms with Crippen LogP contribution in [-0.4, -0.2) is 29.8 Å². The number of carbonyl (C=O) groups excluding carboxylic acids is 2. The Morgan fingerprint density at radius 3 is 2.65 bits per heavy atom. The van der Waals surface area contributed by atoms with Gasteiger partial charge in [-0.1, -0.05) is 48.5 Å². The van der Waals surface area contributed by atoms with E-state index in [-0.39, 0.29) is 11.7 Å². The third-order valence-electron chi connectivity index (χ3n) is 5.58. The number of aromatic nitrogens is 1. The normalized spacial score (nSPS) is 11.3. The van der Waals surface area contributed by atoms with Gasteiger partial charge in [-0.2, -0.15) is 5.10 Å². The molecule has 0 saturated heterocycles. The van der Waals surface area contributed by atoms with Crippen LogP contribution in [0.1, 0.15) is 32.2 Å². The number of hydrogen-bond donors (Lipinski definition) is 1. The van der Waals surface area contributed by atoms with Crippen molar-refractivity contribution in [1.82, 2.24) is 9.99 Å². The first-order valence-corrected chi connectivity index (χ1v) is 10.7. The number of methoxy groups -OCH3 is 1. The van der Waals surface area contributed by atoms with Crippen LogP contribution in [0.4, 0.5) is 0 Å². The van der Waals surface area contributed by atoms with Gasteiger partial charge in [0.15, 0.2) is 0 Å². The fraction of sp³-hybridized carbons (Fsp3) is 0.0741. The molecule has 0 aliphatic rings. The highest BCUT2D eigenvalue weighted by Gasteiger charge is 2.13. The Labute approximate surface area is 195 Å². The highest BCUT2D eigenvalue weighted by Crippen LogP contribution is 2.22. The summed E-state index contributed by atoms with van der Waals surface area (Å²) in [5, 5.41) is 7.23. The molecule has 1 N–H and O–H groups in total. The summed E-state index contributed by atoms with van der Waals surface area (Å²) in [4.78, 5) is 24.3. The van der Waals surface area contributed by atoms with Gasteiger partial charge >= 0.3 is 5.97 Å². The number of esters is 1. The molecule has 2 aromatic heterocycles. The Bertz CT molecular complexity index is 1540. The van der Waals surface area contributed by atoms with Crippen LogP contribution < -0.4 is 5.43 Å². The molecule has 0 aliphatic carbocycles. The molecular formula is C27H21N3O4. The zero-order chi connectivity index (χ0) is 23.5. The quantitative estimate of drug-likeness (QED) is 0.224. The van der Waals surface area contributed by atoms with E-state index in [2.05, 4.69) is 10.5 Å². The van der Waals surface area contributed by atoms with E-state index in [1.807, 2.05) is 71.4 Å². The van der Waals surface area contributed by atoms with Gasteiger partial charge in [-0.25, -0.2) is 10.2 Å². The van der Waals surface area contributed by atoms with E-state index in [0.717, 1.165) is 27.2 Å². The van der Waals surface area contributed by atoms with Crippen molar-refractivity contribution in [2.45, 2.75) is 6.54 Å². The number of ether oxygens (including phenoxy) is 1. The Kier molecular flexibility index (Phi) is 5.66. The van der Waals surface area contributed by atoms with Crippen LogP contribution in [0.3, 0.4) is 0 Å². The van der Waals surface area contributed by atoms with E-state index in [9.17, 15) is 9.59 Å². The third-order valence-corrected chi connectivity index (χ3v) is 5.58. The molecule has 0 saturated carbocycles. The second-order valence-corrected chi connectivity index (χ2v) is 7.75. The molecule has 0 unspecified atom stereocenters. The standard InChI is InChI=1S/C27H21N3O4/c1-33-27(32)25-13-12-22(34-25)17-30-16-21(23-8-4-5-9-24(23)30)15-28-29-26(31)20-11-10-18-6-2-3-7-19(18)14-20/h2-16H,17H2,1H3,(H,29,31)/b28-15-. The summed E-state index contributed by atoms with van der Waals surface area (Å²) in [6, 6.07) is 24.6. The lowest BCUT2D eigenvalue weighted by Crippen LogP contribution is -2.17. The Morgan fingerprint density at radius 2 is 1.79 bits per heavy atom. The maximum Gasteiger partial charge on any atom is 0.373 e. The van der Waals surface area contributed by atoms with Gasteiger partial charge in [-0.3, -0.25) is 4.79 Å². The maximum atomic E-state index is 12.6. The van der Waals surface area contributed by atoms with Crippen molar-refractivity contribution < 1.29 is 18.7 Å². The monoisotopic (exact) mass is 451 g/mol. The van der Waals surface area contributed by atoms with Crippen LogP contribution >= 0.6 is 0 Å². The summed E-state index contributed by atoms with van der Waals surface area (Å²) < 4.78 is 12.3. The predicted molar refractivity (Wildman–Crippen MR) is 130 cm³/mol. The average molecular weight is 451 g/mol. The molecule has 7 nitrogen and oxygen atoms in total. The summed E-state index contributed by atoms with van der Waals surface area (Å²) in [5.41, 5.74) is 4.96. The fourth-order valence-corrected chi connectivity index (χ4v) is 3.91. The van der Waals surface area contributed by atoms with Crippen LogP contribution in [0.5, 0.6) is 0 Å². The van der Waals surface area contributed by atoms with Gasteiger partial charge in [0, 0.05) is 28.2 Å². The molecule has 0 atom stereocenters. The number of para-hydroxylation sites is 1. The van der Waals surface area contributed by atoms with Crippen molar-refractivity contribution in [3.05, 3.63) is 108 Å². The molecule has 0 fully saturated rings. The minimum Gasteiger partial charge on any atom is -0.463 e. The molecule has 2 heterocycles. The van der Waals surface area contributed by atoms with E-state index in [0.29, 0.717) is 17.9 Å². The van der Waals surface area contributed by atoms with Crippen molar-refractivity contribution >= 4 is 39.8 Å². The van der Waals surface area contributed by atoms with Crippen LogP contribution in [0.2, 0.25) is 0 Å². The first-order chi connectivity index (χ1) is 16.6. The number of benzene rings is 3. The van der Waals surface area contributed by atoms with Gasteiger partial charge in [0.05, 0.1) is 19.9 Å². The summed E-state index contributed by atoms with van der Waals surface area (Å²) >= 11 is 0. The van der Waals surface area contributed by atoms with Crippen LogP contribution in [-0.2, 0) is 11.3 Å². The van der Waals surface area contributed by atoms with Crippen LogP contribution in [0.15, 0.2) is 94.6 Å². The van der Waals surface area contributed by atoms with Gasteiger partial charge in [0.2, 0.25) is 5.76 Å². The lowest BCUT2D eigenvalue weighted by molar-refractivity contribution is 0.0562. The number of carbonyl (C=O) groups is 2. The molecule has 34 heavy (non-hydrogen) atoms. The summed E-state index contributed by atoms with van der Waals surface area (Å²) in [7, 11) is 1.31. The SMILES string of the molecule is COC(=O)c1ccc(Cn2cc(/C=N\NC(=O)c3ccc4ccccc4c3)c3ccccc32)o1. The number of nitrogens with one attached hydrogen (secondary N) is 1. The Morgan fingerprint density at radius 1 is 1.00 bits per heavy atom. The maximum absolute atomic E-state index is 12.6. The van der Waals surface area contributed by atoms with Crippen LogP contribution in [0.25, 0.3) is 21.7 Å². The van der Waals surface area contributed by atoms with Gasteiger partial charge in [0.1, 0.15) is 5.76 Å². The highest BCUT2D eigenvalue weighted by molar-refractivity contribution is 6.01. The largest absolute Gasteiger partial charge is 0.463 e. The minimum absolute atomic E-state index is 0.159. The van der Waals surface area contributed by atoms with Crippen LogP contribution in [0, 0.1) is 0 Å². The molecule has 5 aromatic rings. The van der Waals surface area contributed by atoms with E-state index in [1.54, 1.807) is 24.4 Å². The van der Waals surface area contributed by atoms with Crippen molar-refractivity contribution in [2.75, 3.05) is 7.11 Å². The van der Waals surface area contributed by atoms with Crippen molar-refractivity contribution in [3.8, 4) is 0 Å². The number of nitrogens with zero attached hydrogens (tertiary/aromatic N) is 2. The highest BCUT2D eigenvalue weighted by atomic mass is 16.5. The number of rotatable bonds is 6. The number of hydrogen-bond acceptors (Lipinski definition) is 5. The zero-order valence-electron chi connectivity index (χ0n) is 18.4. The second kappa shape index (κ2) is 9.07. The van der Waals surface area contributed by atoms with E-state index < -0.39 is 5.97 Å². The molecule has 5 rings (SSSR count). The number of fused-ring (bicyclic) bond motifs is 2. The summed E-state index contributed by atoms with van der Waals surface area (Å²) in [5.74, 6) is -0.0170. The van der Waals surface area contributed by atoms with E-state index in [4.69, 9.17) is 9.15 Å². The lowest BCUT2D eigenvalue weighted by Gasteiger charge is -2.02. The third kappa shape index (κ3) is 4.19. The second-order valence-electron chi connectivity index (χ2n) is 7.75. The number of hydrazone groups is 1. The smallest absolute Gasteiger partial charge is 0.373 e. The van der Waals surface area contributed by atoms with Gasteiger partial charge in [0.25, 0.3) is 5.91 Å². The molecule has 0 bridgehead atoms. The van der Waals surface area contributed by atoms with Gasteiger partial charge < -0.3 is 13.7 Å². The van der Waals surface area contributed by atoms with Crippen molar-refractivity contribution in [1.29, 1.82) is 0 Å². The molecule has 7 heteroatoms. The zero-order valence-corrected chi connectivity index (χ0v) is 18.4. The lowest BCUT2D eigenvalue weighted by atomic mass is 10.1. The first-order valence-electron chi connectivity index (χ1n) is 10.7. The average Bonchev–Trinajstić information content (AvgIpc) is 3.48. The Balaban J connectivity index is 1.35. The molecule has 0 radical (unpaired) electrons. The molecular weight excluding hydrogens is 430 g/mol. The molecule has 1 amide bonds. The van der Waals surface area contributed by atoms with Gasteiger partial charge in [-0.05, 0) is 41.1 Å². The number of furan rings is 1. The van der Waals surface area contributed by atoms with E-state index in [1.165, 1.54) is 7.11 Å². The predicted octanol–water partition coefficient (Wildman–Crippen LogP) is 4.99. The summed E-state index contributed by atoms with van der Waals surface area (Å²) in [6.45, 7) is 0.425. The topological polar surface area (TPSA) is 85.8 Å². The molecule has 3 aromatic carbocycles.